The molecular weight excluding hydrogens is 306 g/mol. The van der Waals surface area contributed by atoms with Gasteiger partial charge in [-0.25, -0.2) is 0 Å². The summed E-state index contributed by atoms with van der Waals surface area (Å²) in [5.74, 6) is -0.472. The summed E-state index contributed by atoms with van der Waals surface area (Å²) in [4.78, 5) is 38.6. The van der Waals surface area contributed by atoms with Gasteiger partial charge in [0.05, 0.1) is 17.7 Å². The number of carbonyl (C=O) groups is 3. The molecule has 1 atom stereocenters. The van der Waals surface area contributed by atoms with E-state index in [1.165, 1.54) is 0 Å². The Morgan fingerprint density at radius 3 is 2.04 bits per heavy atom. The Bertz CT molecular complexity index is 775. The van der Waals surface area contributed by atoms with Crippen molar-refractivity contribution < 1.29 is 19.1 Å². The lowest BCUT2D eigenvalue weighted by molar-refractivity contribution is 0.0555. The van der Waals surface area contributed by atoms with Crippen LogP contribution in [0.15, 0.2) is 48.5 Å². The summed E-state index contributed by atoms with van der Waals surface area (Å²) in [5, 5.41) is 0. The standard InChI is InChI=1S/C19H17NO4/c1-3-24-14-10-8-13(9-11-14)17(21)12(2)20-18(22)15-6-4-5-7-16(15)19(20)23/h4-12H,3H2,1-2H3. The van der Waals surface area contributed by atoms with E-state index < -0.39 is 17.9 Å². The number of ketones is 1. The topological polar surface area (TPSA) is 63.7 Å². The van der Waals surface area contributed by atoms with Crippen molar-refractivity contribution in [2.75, 3.05) is 6.61 Å². The smallest absolute Gasteiger partial charge is 0.262 e. The minimum Gasteiger partial charge on any atom is -0.494 e. The molecule has 1 heterocycles. The lowest BCUT2D eigenvalue weighted by Crippen LogP contribution is -2.42. The van der Waals surface area contributed by atoms with Crippen LogP contribution in [0.1, 0.15) is 44.9 Å². The average Bonchev–Trinajstić information content (AvgIpc) is 2.86. The first kappa shape index (κ1) is 15.9. The molecule has 0 spiro atoms. The van der Waals surface area contributed by atoms with Gasteiger partial charge in [0.1, 0.15) is 11.8 Å². The monoisotopic (exact) mass is 323 g/mol. The molecule has 1 aliphatic rings. The fraction of sp³-hybridized carbons (Fsp3) is 0.211. The Morgan fingerprint density at radius 1 is 1.00 bits per heavy atom. The molecule has 2 aromatic carbocycles. The van der Waals surface area contributed by atoms with E-state index in [1.54, 1.807) is 55.5 Å². The molecule has 122 valence electrons. The minimum atomic E-state index is -0.865. The van der Waals surface area contributed by atoms with E-state index in [4.69, 9.17) is 4.74 Å². The molecule has 0 saturated carbocycles. The lowest BCUT2D eigenvalue weighted by Gasteiger charge is -2.21. The van der Waals surface area contributed by atoms with Gasteiger partial charge in [-0.3, -0.25) is 19.3 Å². The summed E-state index contributed by atoms with van der Waals surface area (Å²) in [5.41, 5.74) is 1.12. The van der Waals surface area contributed by atoms with Gasteiger partial charge in [-0.1, -0.05) is 12.1 Å². The van der Waals surface area contributed by atoms with E-state index in [2.05, 4.69) is 0 Å². The van der Waals surface area contributed by atoms with E-state index in [1.807, 2.05) is 6.92 Å². The molecule has 3 rings (SSSR count). The molecule has 0 aliphatic carbocycles. The number of amides is 2. The van der Waals surface area contributed by atoms with Gasteiger partial charge in [0.2, 0.25) is 0 Å². The summed E-state index contributed by atoms with van der Waals surface area (Å²) in [6.45, 7) is 3.99. The van der Waals surface area contributed by atoms with E-state index in [-0.39, 0.29) is 5.78 Å². The molecule has 0 bridgehead atoms. The third-order valence-corrected chi connectivity index (χ3v) is 4.04. The van der Waals surface area contributed by atoms with Crippen molar-refractivity contribution in [3.05, 3.63) is 65.2 Å². The molecule has 0 N–H and O–H groups in total. The van der Waals surface area contributed by atoms with Crippen molar-refractivity contribution in [3.63, 3.8) is 0 Å². The van der Waals surface area contributed by atoms with Crippen molar-refractivity contribution in [2.24, 2.45) is 0 Å². The number of nitrogens with zero attached hydrogens (tertiary/aromatic N) is 1. The van der Waals surface area contributed by atoms with Gasteiger partial charge in [-0.15, -0.1) is 0 Å². The number of hydrogen-bond donors (Lipinski definition) is 0. The SMILES string of the molecule is CCOc1ccc(C(=O)C(C)N2C(=O)c3ccccc3C2=O)cc1. The van der Waals surface area contributed by atoms with Crippen LogP contribution in [0.5, 0.6) is 5.75 Å². The van der Waals surface area contributed by atoms with Crippen LogP contribution >= 0.6 is 0 Å². The Hall–Kier alpha value is -2.95. The van der Waals surface area contributed by atoms with Crippen LogP contribution in [-0.2, 0) is 0 Å². The molecule has 0 aromatic heterocycles. The summed E-state index contributed by atoms with van der Waals surface area (Å²) < 4.78 is 5.35. The summed E-state index contributed by atoms with van der Waals surface area (Å²) in [7, 11) is 0. The number of hydrogen-bond acceptors (Lipinski definition) is 4. The lowest BCUT2D eigenvalue weighted by atomic mass is 10.0. The van der Waals surface area contributed by atoms with Crippen LogP contribution < -0.4 is 4.74 Å². The Labute approximate surface area is 139 Å². The van der Waals surface area contributed by atoms with E-state index >= 15 is 0 Å². The third kappa shape index (κ3) is 2.58. The second-order valence-corrected chi connectivity index (χ2v) is 5.52. The quantitative estimate of drug-likeness (QED) is 0.627. The maximum atomic E-state index is 12.7. The largest absolute Gasteiger partial charge is 0.494 e. The first-order chi connectivity index (χ1) is 11.5. The van der Waals surface area contributed by atoms with Gasteiger partial charge in [0.15, 0.2) is 5.78 Å². The van der Waals surface area contributed by atoms with Crippen LogP contribution in [0, 0.1) is 0 Å². The molecule has 0 radical (unpaired) electrons. The zero-order chi connectivity index (χ0) is 17.3. The highest BCUT2D eigenvalue weighted by Gasteiger charge is 2.40. The van der Waals surface area contributed by atoms with Gasteiger partial charge in [0, 0.05) is 5.56 Å². The van der Waals surface area contributed by atoms with Crippen molar-refractivity contribution in [3.8, 4) is 5.75 Å². The summed E-state index contributed by atoms with van der Waals surface area (Å²) in [6.07, 6.45) is 0. The number of rotatable bonds is 5. The first-order valence-corrected chi connectivity index (χ1v) is 7.78. The highest BCUT2D eigenvalue weighted by atomic mass is 16.5. The second-order valence-electron chi connectivity index (χ2n) is 5.52. The van der Waals surface area contributed by atoms with Crippen molar-refractivity contribution in [2.45, 2.75) is 19.9 Å². The van der Waals surface area contributed by atoms with E-state index in [0.717, 1.165) is 4.90 Å². The van der Waals surface area contributed by atoms with Crippen molar-refractivity contribution in [1.29, 1.82) is 0 Å². The number of imide groups is 1. The third-order valence-electron chi connectivity index (χ3n) is 4.04. The molecular formula is C19H17NO4. The van der Waals surface area contributed by atoms with Gasteiger partial charge >= 0.3 is 0 Å². The molecule has 1 unspecified atom stereocenters. The number of fused-ring (bicyclic) bond motifs is 1. The first-order valence-electron chi connectivity index (χ1n) is 7.78. The second kappa shape index (κ2) is 6.28. The Kier molecular flexibility index (Phi) is 4.16. The van der Waals surface area contributed by atoms with Crippen LogP contribution in [0.4, 0.5) is 0 Å². The molecule has 5 heteroatoms. The van der Waals surface area contributed by atoms with Crippen LogP contribution in [-0.4, -0.2) is 35.1 Å². The molecule has 0 fully saturated rings. The zero-order valence-corrected chi connectivity index (χ0v) is 13.5. The summed E-state index contributed by atoms with van der Waals surface area (Å²) >= 11 is 0. The van der Waals surface area contributed by atoms with E-state index in [9.17, 15) is 14.4 Å². The minimum absolute atomic E-state index is 0.285. The zero-order valence-electron chi connectivity index (χ0n) is 13.5. The molecule has 1 aliphatic heterocycles. The predicted molar refractivity (Wildman–Crippen MR) is 88.3 cm³/mol. The van der Waals surface area contributed by atoms with Crippen molar-refractivity contribution in [1.82, 2.24) is 4.90 Å². The normalized spacial score (nSPS) is 14.5. The van der Waals surface area contributed by atoms with Crippen LogP contribution in [0.25, 0.3) is 0 Å². The highest BCUT2D eigenvalue weighted by molar-refractivity contribution is 6.23. The van der Waals surface area contributed by atoms with Gasteiger partial charge in [0.25, 0.3) is 11.8 Å². The predicted octanol–water partition coefficient (Wildman–Crippen LogP) is 2.95. The Balaban J connectivity index is 1.84. The Morgan fingerprint density at radius 2 is 1.54 bits per heavy atom. The maximum Gasteiger partial charge on any atom is 0.262 e. The fourth-order valence-electron chi connectivity index (χ4n) is 2.80. The van der Waals surface area contributed by atoms with Crippen LogP contribution in [0.3, 0.4) is 0 Å². The molecule has 2 aromatic rings. The molecule has 5 nitrogen and oxygen atoms in total. The number of carbonyl (C=O) groups excluding carboxylic acids is 3. The number of Topliss-reactive ketones (excluding diaryl/α,β-unsaturated/α-hetero) is 1. The van der Waals surface area contributed by atoms with Gasteiger partial charge in [-0.2, -0.15) is 0 Å². The van der Waals surface area contributed by atoms with Gasteiger partial charge < -0.3 is 4.74 Å². The summed E-state index contributed by atoms with van der Waals surface area (Å²) in [6, 6.07) is 12.4. The average molecular weight is 323 g/mol. The highest BCUT2D eigenvalue weighted by Crippen LogP contribution is 2.26. The molecule has 0 saturated heterocycles. The fourth-order valence-corrected chi connectivity index (χ4v) is 2.80. The number of ether oxygens (including phenoxy) is 1. The number of benzene rings is 2. The van der Waals surface area contributed by atoms with E-state index in [0.29, 0.717) is 29.0 Å². The van der Waals surface area contributed by atoms with Crippen LogP contribution in [0.2, 0.25) is 0 Å². The van der Waals surface area contributed by atoms with Gasteiger partial charge in [-0.05, 0) is 50.2 Å². The maximum absolute atomic E-state index is 12.7. The molecule has 2 amide bonds. The van der Waals surface area contributed by atoms with Crippen molar-refractivity contribution >= 4 is 17.6 Å². The molecule has 24 heavy (non-hydrogen) atoms.